The van der Waals surface area contributed by atoms with Gasteiger partial charge in [-0.25, -0.2) is 0 Å². The Labute approximate surface area is 133 Å². The molecule has 3 nitrogen and oxygen atoms in total. The fourth-order valence-corrected chi connectivity index (χ4v) is 3.40. The molecule has 0 amide bonds. The van der Waals surface area contributed by atoms with Gasteiger partial charge in [-0.15, -0.1) is 0 Å². The van der Waals surface area contributed by atoms with Crippen LogP contribution in [0.2, 0.25) is 0 Å². The Hall–Kier alpha value is -1.04. The molecule has 0 fully saturated rings. The summed E-state index contributed by atoms with van der Waals surface area (Å²) in [5, 5.41) is 10.5. The summed E-state index contributed by atoms with van der Waals surface area (Å²) in [4.78, 5) is 0. The second-order valence-corrected chi connectivity index (χ2v) is 6.24. The van der Waals surface area contributed by atoms with Crippen molar-refractivity contribution < 1.29 is 14.6 Å². The van der Waals surface area contributed by atoms with Crippen LogP contribution in [0.4, 0.5) is 0 Å². The van der Waals surface area contributed by atoms with Crippen LogP contribution in [0.15, 0.2) is 45.3 Å². The van der Waals surface area contributed by atoms with Gasteiger partial charge < -0.3 is 14.6 Å². The number of hydrogen-bond acceptors (Lipinski definition) is 3. The van der Waals surface area contributed by atoms with E-state index in [-0.39, 0.29) is 0 Å². The number of hydrogen-bond donors (Lipinski definition) is 1. The average molecular weight is 400 g/mol. The van der Waals surface area contributed by atoms with Crippen LogP contribution in [-0.4, -0.2) is 18.3 Å². The standard InChI is InChI=1S/C15H12Br2O3/c16-10-2-3-11(12(17)8-10)15(18)9-1-4-13-14(7-9)20-6-5-19-13/h1-4,7-8,15,18H,5-6H2. The minimum atomic E-state index is -0.715. The summed E-state index contributed by atoms with van der Waals surface area (Å²) in [5.74, 6) is 1.41. The van der Waals surface area contributed by atoms with Gasteiger partial charge in [-0.1, -0.05) is 44.0 Å². The minimum Gasteiger partial charge on any atom is -0.486 e. The molecule has 0 aromatic heterocycles. The number of aliphatic hydroxyl groups excluding tert-OH is 1. The number of aliphatic hydroxyl groups is 1. The first-order valence-electron chi connectivity index (χ1n) is 6.18. The van der Waals surface area contributed by atoms with Gasteiger partial charge in [0.25, 0.3) is 0 Å². The van der Waals surface area contributed by atoms with Crippen LogP contribution in [0.3, 0.4) is 0 Å². The molecule has 104 valence electrons. The molecule has 1 N–H and O–H groups in total. The van der Waals surface area contributed by atoms with Crippen LogP contribution in [-0.2, 0) is 0 Å². The van der Waals surface area contributed by atoms with Gasteiger partial charge in [0, 0.05) is 8.95 Å². The van der Waals surface area contributed by atoms with Crippen LogP contribution >= 0.6 is 31.9 Å². The van der Waals surface area contributed by atoms with E-state index in [0.29, 0.717) is 19.0 Å². The van der Waals surface area contributed by atoms with Crippen LogP contribution in [0.1, 0.15) is 17.2 Å². The van der Waals surface area contributed by atoms with Crippen molar-refractivity contribution in [2.45, 2.75) is 6.10 Å². The Bertz CT molecular complexity index is 643. The summed E-state index contributed by atoms with van der Waals surface area (Å²) in [5.41, 5.74) is 1.59. The summed E-state index contributed by atoms with van der Waals surface area (Å²) in [7, 11) is 0. The highest BCUT2D eigenvalue weighted by Gasteiger charge is 2.18. The summed E-state index contributed by atoms with van der Waals surface area (Å²) >= 11 is 6.88. The second-order valence-electron chi connectivity index (χ2n) is 4.47. The Morgan fingerprint density at radius 1 is 0.950 bits per heavy atom. The topological polar surface area (TPSA) is 38.7 Å². The maximum absolute atomic E-state index is 10.5. The van der Waals surface area contributed by atoms with Crippen molar-refractivity contribution in [3.05, 3.63) is 56.5 Å². The van der Waals surface area contributed by atoms with Gasteiger partial charge in [0.2, 0.25) is 0 Å². The van der Waals surface area contributed by atoms with E-state index in [9.17, 15) is 5.11 Å². The molecular weight excluding hydrogens is 388 g/mol. The molecule has 1 aliphatic rings. The summed E-state index contributed by atoms with van der Waals surface area (Å²) in [6.45, 7) is 1.10. The highest BCUT2D eigenvalue weighted by atomic mass is 79.9. The molecule has 1 unspecified atom stereocenters. The summed E-state index contributed by atoms with van der Waals surface area (Å²) in [6, 6.07) is 11.2. The first-order valence-corrected chi connectivity index (χ1v) is 7.76. The lowest BCUT2D eigenvalue weighted by Gasteiger charge is -2.20. The molecule has 0 saturated carbocycles. The van der Waals surface area contributed by atoms with E-state index in [4.69, 9.17) is 9.47 Å². The second kappa shape index (κ2) is 5.76. The lowest BCUT2D eigenvalue weighted by molar-refractivity contribution is 0.169. The van der Waals surface area contributed by atoms with E-state index in [1.54, 1.807) is 0 Å². The van der Waals surface area contributed by atoms with Crippen LogP contribution in [0, 0.1) is 0 Å². The zero-order chi connectivity index (χ0) is 14.1. The molecule has 1 atom stereocenters. The molecule has 5 heteroatoms. The number of rotatable bonds is 2. The van der Waals surface area contributed by atoms with Crippen molar-refractivity contribution in [3.8, 4) is 11.5 Å². The molecule has 0 spiro atoms. The zero-order valence-corrected chi connectivity index (χ0v) is 13.6. The van der Waals surface area contributed by atoms with Crippen molar-refractivity contribution in [2.24, 2.45) is 0 Å². The largest absolute Gasteiger partial charge is 0.486 e. The predicted molar refractivity (Wildman–Crippen MR) is 83.3 cm³/mol. The van der Waals surface area contributed by atoms with E-state index in [1.807, 2.05) is 36.4 Å². The van der Waals surface area contributed by atoms with E-state index in [1.165, 1.54) is 0 Å². The Kier molecular flexibility index (Phi) is 4.01. The molecule has 0 bridgehead atoms. The van der Waals surface area contributed by atoms with E-state index < -0.39 is 6.10 Å². The fourth-order valence-electron chi connectivity index (χ4n) is 2.13. The molecule has 0 saturated heterocycles. The monoisotopic (exact) mass is 398 g/mol. The van der Waals surface area contributed by atoms with E-state index in [2.05, 4.69) is 31.9 Å². The van der Waals surface area contributed by atoms with Crippen LogP contribution in [0.5, 0.6) is 11.5 Å². The van der Waals surface area contributed by atoms with E-state index in [0.717, 1.165) is 25.8 Å². The molecule has 20 heavy (non-hydrogen) atoms. The SMILES string of the molecule is OC(c1ccc2c(c1)OCCO2)c1ccc(Br)cc1Br. The van der Waals surface area contributed by atoms with Crippen molar-refractivity contribution in [3.63, 3.8) is 0 Å². The predicted octanol–water partition coefficient (Wildman–Crippen LogP) is 4.06. The van der Waals surface area contributed by atoms with Gasteiger partial charge in [-0.05, 0) is 35.4 Å². The molecule has 2 aromatic carbocycles. The van der Waals surface area contributed by atoms with Crippen molar-refractivity contribution in [1.82, 2.24) is 0 Å². The molecule has 3 rings (SSSR count). The number of halogens is 2. The molecule has 0 radical (unpaired) electrons. The van der Waals surface area contributed by atoms with E-state index >= 15 is 0 Å². The Balaban J connectivity index is 1.95. The number of ether oxygens (including phenoxy) is 2. The third kappa shape index (κ3) is 2.71. The Morgan fingerprint density at radius 2 is 1.70 bits per heavy atom. The van der Waals surface area contributed by atoms with Crippen LogP contribution < -0.4 is 9.47 Å². The van der Waals surface area contributed by atoms with Gasteiger partial charge >= 0.3 is 0 Å². The lowest BCUT2D eigenvalue weighted by atomic mass is 10.0. The third-order valence-corrected chi connectivity index (χ3v) is 4.32. The molecule has 1 aliphatic heterocycles. The van der Waals surface area contributed by atoms with Gasteiger partial charge in [0.05, 0.1) is 0 Å². The molecular formula is C15H12Br2O3. The first-order chi connectivity index (χ1) is 9.65. The van der Waals surface area contributed by atoms with Gasteiger partial charge in [-0.2, -0.15) is 0 Å². The molecule has 2 aromatic rings. The van der Waals surface area contributed by atoms with Crippen molar-refractivity contribution >= 4 is 31.9 Å². The average Bonchev–Trinajstić information content (AvgIpc) is 2.46. The van der Waals surface area contributed by atoms with Gasteiger partial charge in [0.15, 0.2) is 11.5 Å². The molecule has 0 aliphatic carbocycles. The van der Waals surface area contributed by atoms with Crippen molar-refractivity contribution in [1.29, 1.82) is 0 Å². The minimum absolute atomic E-state index is 0.536. The number of fused-ring (bicyclic) bond motifs is 1. The smallest absolute Gasteiger partial charge is 0.161 e. The quantitative estimate of drug-likeness (QED) is 0.827. The number of benzene rings is 2. The summed E-state index contributed by atoms with van der Waals surface area (Å²) in [6.07, 6.45) is -0.715. The zero-order valence-electron chi connectivity index (χ0n) is 10.5. The van der Waals surface area contributed by atoms with Crippen LogP contribution in [0.25, 0.3) is 0 Å². The highest BCUT2D eigenvalue weighted by molar-refractivity contribution is 9.11. The van der Waals surface area contributed by atoms with Crippen molar-refractivity contribution in [2.75, 3.05) is 13.2 Å². The normalized spacial score (nSPS) is 14.9. The Morgan fingerprint density at radius 3 is 2.45 bits per heavy atom. The highest BCUT2D eigenvalue weighted by Crippen LogP contribution is 2.36. The maximum atomic E-state index is 10.5. The first kappa shape index (κ1) is 13.9. The lowest BCUT2D eigenvalue weighted by Crippen LogP contribution is -2.15. The summed E-state index contributed by atoms with van der Waals surface area (Å²) < 4.78 is 12.8. The maximum Gasteiger partial charge on any atom is 0.161 e. The third-order valence-electron chi connectivity index (χ3n) is 3.14. The molecule has 1 heterocycles. The van der Waals surface area contributed by atoms with Gasteiger partial charge in [-0.3, -0.25) is 0 Å². The fraction of sp³-hybridized carbons (Fsp3) is 0.200. The van der Waals surface area contributed by atoms with Gasteiger partial charge in [0.1, 0.15) is 19.3 Å².